The van der Waals surface area contributed by atoms with Gasteiger partial charge in [-0.05, 0) is 37.2 Å². The molecular formula is C13H20N4O3S2. The predicted molar refractivity (Wildman–Crippen MR) is 83.2 cm³/mol. The fraction of sp³-hybridized carbons (Fsp3) is 0.769. The molecule has 0 saturated carbocycles. The molecule has 0 bridgehead atoms. The minimum absolute atomic E-state index is 0.0937. The lowest BCUT2D eigenvalue weighted by Crippen LogP contribution is -2.47. The zero-order chi connectivity index (χ0) is 15.6. The zero-order valence-corrected chi connectivity index (χ0v) is 14.0. The molecule has 0 unspecified atom stereocenters. The number of carbonyl (C=O) groups is 1. The standard InChI is InChI=1S/C13H20N4O3S2/c18-13(12-10-14-15-21-12)16-8-4-11(5-9-16)22(19,20)17-6-2-1-3-7-17/h10-11H,1-9H2. The Balaban J connectivity index is 1.60. The maximum atomic E-state index is 12.7. The summed E-state index contributed by atoms with van der Waals surface area (Å²) in [6, 6.07) is 0. The highest BCUT2D eigenvalue weighted by Crippen LogP contribution is 2.25. The van der Waals surface area contributed by atoms with Crippen LogP contribution in [-0.4, -0.2) is 64.5 Å². The van der Waals surface area contributed by atoms with Crippen LogP contribution in [0.4, 0.5) is 0 Å². The smallest absolute Gasteiger partial charge is 0.267 e. The fourth-order valence-electron chi connectivity index (χ4n) is 3.10. The molecule has 0 N–H and O–H groups in total. The molecule has 122 valence electrons. The van der Waals surface area contributed by atoms with Crippen LogP contribution in [0.15, 0.2) is 6.20 Å². The lowest BCUT2D eigenvalue weighted by Gasteiger charge is -2.35. The van der Waals surface area contributed by atoms with Crippen molar-refractivity contribution in [2.75, 3.05) is 26.2 Å². The van der Waals surface area contributed by atoms with Gasteiger partial charge in [-0.25, -0.2) is 12.7 Å². The molecule has 0 radical (unpaired) electrons. The first-order valence-electron chi connectivity index (χ1n) is 7.64. The Morgan fingerprint density at radius 1 is 1.14 bits per heavy atom. The highest BCUT2D eigenvalue weighted by molar-refractivity contribution is 7.89. The third-order valence-electron chi connectivity index (χ3n) is 4.40. The van der Waals surface area contributed by atoms with Gasteiger partial charge in [0.2, 0.25) is 10.0 Å². The number of amides is 1. The van der Waals surface area contributed by atoms with Gasteiger partial charge in [-0.3, -0.25) is 4.79 Å². The van der Waals surface area contributed by atoms with Crippen molar-refractivity contribution in [2.24, 2.45) is 0 Å². The first-order valence-corrected chi connectivity index (χ1v) is 9.92. The number of hydrogen-bond acceptors (Lipinski definition) is 6. The summed E-state index contributed by atoms with van der Waals surface area (Å²) in [4.78, 5) is 14.4. The molecule has 2 aliphatic heterocycles. The molecule has 1 aromatic rings. The minimum atomic E-state index is -3.21. The Morgan fingerprint density at radius 3 is 2.41 bits per heavy atom. The van der Waals surface area contributed by atoms with Crippen LogP contribution in [-0.2, 0) is 10.0 Å². The van der Waals surface area contributed by atoms with E-state index in [0.717, 1.165) is 30.8 Å². The van der Waals surface area contributed by atoms with Crippen LogP contribution in [0.2, 0.25) is 0 Å². The summed E-state index contributed by atoms with van der Waals surface area (Å²) in [5.41, 5.74) is 0. The van der Waals surface area contributed by atoms with Gasteiger partial charge in [0.05, 0.1) is 11.4 Å². The highest BCUT2D eigenvalue weighted by atomic mass is 32.2. The lowest BCUT2D eigenvalue weighted by molar-refractivity contribution is 0.0729. The molecular weight excluding hydrogens is 324 g/mol. The first kappa shape index (κ1) is 15.8. The van der Waals surface area contributed by atoms with Gasteiger partial charge in [-0.1, -0.05) is 10.9 Å². The maximum absolute atomic E-state index is 12.7. The van der Waals surface area contributed by atoms with Crippen LogP contribution in [0, 0.1) is 0 Å². The Bertz CT molecular complexity index is 603. The minimum Gasteiger partial charge on any atom is -0.338 e. The SMILES string of the molecule is O=C(c1cnns1)N1CCC(S(=O)(=O)N2CCCCC2)CC1. The Hall–Kier alpha value is -1.06. The van der Waals surface area contributed by atoms with E-state index in [1.807, 2.05) is 0 Å². The summed E-state index contributed by atoms with van der Waals surface area (Å²) >= 11 is 1.07. The Morgan fingerprint density at radius 2 is 1.82 bits per heavy atom. The van der Waals surface area contributed by atoms with E-state index >= 15 is 0 Å². The van der Waals surface area contributed by atoms with Gasteiger partial charge >= 0.3 is 0 Å². The molecule has 9 heteroatoms. The van der Waals surface area contributed by atoms with Crippen LogP contribution in [0.3, 0.4) is 0 Å². The average molecular weight is 344 g/mol. The molecule has 1 aromatic heterocycles. The molecule has 2 fully saturated rings. The van der Waals surface area contributed by atoms with Crippen molar-refractivity contribution in [1.29, 1.82) is 0 Å². The van der Waals surface area contributed by atoms with E-state index in [4.69, 9.17) is 0 Å². The van der Waals surface area contributed by atoms with E-state index in [1.54, 1.807) is 9.21 Å². The van der Waals surface area contributed by atoms with Gasteiger partial charge in [0.25, 0.3) is 5.91 Å². The number of hydrogen-bond donors (Lipinski definition) is 0. The van der Waals surface area contributed by atoms with Gasteiger partial charge in [-0.15, -0.1) is 5.10 Å². The quantitative estimate of drug-likeness (QED) is 0.815. The van der Waals surface area contributed by atoms with Crippen molar-refractivity contribution in [2.45, 2.75) is 37.4 Å². The van der Waals surface area contributed by atoms with Crippen molar-refractivity contribution in [3.63, 3.8) is 0 Å². The molecule has 22 heavy (non-hydrogen) atoms. The van der Waals surface area contributed by atoms with Gasteiger partial charge in [0.1, 0.15) is 4.88 Å². The summed E-state index contributed by atoms with van der Waals surface area (Å²) in [6.45, 7) is 2.25. The normalized spacial score (nSPS) is 21.9. The van der Waals surface area contributed by atoms with Gasteiger partial charge < -0.3 is 4.90 Å². The first-order chi connectivity index (χ1) is 10.6. The molecule has 0 atom stereocenters. The molecule has 2 aliphatic rings. The number of carbonyl (C=O) groups excluding carboxylic acids is 1. The van der Waals surface area contributed by atoms with Crippen molar-refractivity contribution >= 4 is 27.5 Å². The summed E-state index contributed by atoms with van der Waals surface area (Å²) in [7, 11) is -3.21. The van der Waals surface area contributed by atoms with Crippen molar-refractivity contribution in [3.05, 3.63) is 11.1 Å². The average Bonchev–Trinajstić information content (AvgIpc) is 3.09. The number of sulfonamides is 1. The van der Waals surface area contributed by atoms with Crippen molar-refractivity contribution in [3.8, 4) is 0 Å². The fourth-order valence-corrected chi connectivity index (χ4v) is 5.58. The summed E-state index contributed by atoms with van der Waals surface area (Å²) in [5.74, 6) is -0.0937. The van der Waals surface area contributed by atoms with E-state index < -0.39 is 10.0 Å². The number of piperidine rings is 2. The van der Waals surface area contributed by atoms with Crippen molar-refractivity contribution in [1.82, 2.24) is 18.8 Å². The monoisotopic (exact) mass is 344 g/mol. The molecule has 0 aromatic carbocycles. The third-order valence-corrected chi connectivity index (χ3v) is 7.45. The largest absolute Gasteiger partial charge is 0.338 e. The topological polar surface area (TPSA) is 83.5 Å². The third kappa shape index (κ3) is 3.16. The highest BCUT2D eigenvalue weighted by Gasteiger charge is 2.36. The maximum Gasteiger partial charge on any atom is 0.267 e. The van der Waals surface area contributed by atoms with E-state index in [2.05, 4.69) is 9.59 Å². The molecule has 0 spiro atoms. The van der Waals surface area contributed by atoms with Crippen LogP contribution < -0.4 is 0 Å². The predicted octanol–water partition coefficient (Wildman–Crippen LogP) is 0.958. The number of rotatable bonds is 3. The molecule has 7 nitrogen and oxygen atoms in total. The second-order valence-corrected chi connectivity index (χ2v) is 8.78. The summed E-state index contributed by atoms with van der Waals surface area (Å²) in [5, 5.41) is 3.32. The van der Waals surface area contributed by atoms with E-state index in [1.165, 1.54) is 6.20 Å². The summed E-state index contributed by atoms with van der Waals surface area (Å²) < 4.78 is 30.6. The van der Waals surface area contributed by atoms with Gasteiger partial charge in [-0.2, -0.15) is 0 Å². The number of nitrogens with zero attached hydrogens (tertiary/aromatic N) is 4. The molecule has 3 rings (SSSR count). The van der Waals surface area contributed by atoms with E-state index in [0.29, 0.717) is 43.9 Å². The zero-order valence-electron chi connectivity index (χ0n) is 12.3. The van der Waals surface area contributed by atoms with Crippen LogP contribution in [0.25, 0.3) is 0 Å². The molecule has 1 amide bonds. The number of aromatic nitrogens is 2. The van der Waals surface area contributed by atoms with Crippen LogP contribution >= 0.6 is 11.5 Å². The van der Waals surface area contributed by atoms with E-state index in [-0.39, 0.29) is 11.2 Å². The van der Waals surface area contributed by atoms with Crippen LogP contribution in [0.1, 0.15) is 41.8 Å². The summed E-state index contributed by atoms with van der Waals surface area (Å²) in [6.07, 6.45) is 5.50. The number of likely N-dealkylation sites (tertiary alicyclic amines) is 1. The lowest BCUT2D eigenvalue weighted by atomic mass is 10.1. The molecule has 2 saturated heterocycles. The Kier molecular flexibility index (Phi) is 4.74. The molecule has 3 heterocycles. The second kappa shape index (κ2) is 6.59. The van der Waals surface area contributed by atoms with Gasteiger partial charge in [0.15, 0.2) is 0 Å². The van der Waals surface area contributed by atoms with Crippen molar-refractivity contribution < 1.29 is 13.2 Å². The van der Waals surface area contributed by atoms with Crippen LogP contribution in [0.5, 0.6) is 0 Å². The van der Waals surface area contributed by atoms with E-state index in [9.17, 15) is 13.2 Å². The Labute approximate surface area is 134 Å². The second-order valence-electron chi connectivity index (χ2n) is 5.78. The van der Waals surface area contributed by atoms with Gasteiger partial charge in [0, 0.05) is 26.2 Å². The molecule has 0 aliphatic carbocycles.